The zero-order chi connectivity index (χ0) is 18.6. The Morgan fingerprint density at radius 2 is 1.72 bits per heavy atom. The standard InChI is InChI=1S/C21H30O4/c1-6-9-10-15-11-14(7-2)17-12-21(19(22)24-4,20(23)25-5)13-18(17)16(15)8-3/h6,15H,1,7-13H2,2-5H3. The van der Waals surface area contributed by atoms with Gasteiger partial charge in [-0.3, -0.25) is 9.59 Å². The fourth-order valence-electron chi connectivity index (χ4n) is 4.53. The van der Waals surface area contributed by atoms with E-state index < -0.39 is 17.4 Å². The first-order valence-corrected chi connectivity index (χ1v) is 9.19. The van der Waals surface area contributed by atoms with Gasteiger partial charge in [-0.05, 0) is 62.0 Å². The molecule has 0 radical (unpaired) electrons. The summed E-state index contributed by atoms with van der Waals surface area (Å²) in [6, 6.07) is 0. The van der Waals surface area contributed by atoms with Crippen molar-refractivity contribution in [2.75, 3.05) is 14.2 Å². The normalized spacial score (nSPS) is 21.8. The number of allylic oxidation sites excluding steroid dienone is 5. The third-order valence-electron chi connectivity index (χ3n) is 5.80. The fraction of sp³-hybridized carbons (Fsp3) is 0.619. The first-order chi connectivity index (χ1) is 12.0. The predicted octanol–water partition coefficient (Wildman–Crippen LogP) is 4.51. The quantitative estimate of drug-likeness (QED) is 0.386. The van der Waals surface area contributed by atoms with Gasteiger partial charge in [0.1, 0.15) is 0 Å². The summed E-state index contributed by atoms with van der Waals surface area (Å²) >= 11 is 0. The lowest BCUT2D eigenvalue weighted by Crippen LogP contribution is -2.38. The van der Waals surface area contributed by atoms with Gasteiger partial charge >= 0.3 is 11.9 Å². The third-order valence-corrected chi connectivity index (χ3v) is 5.80. The summed E-state index contributed by atoms with van der Waals surface area (Å²) in [7, 11) is 2.68. The molecular weight excluding hydrogens is 316 g/mol. The van der Waals surface area contributed by atoms with Crippen LogP contribution in [0.2, 0.25) is 0 Å². The monoisotopic (exact) mass is 346 g/mol. The van der Waals surface area contributed by atoms with E-state index in [9.17, 15) is 9.59 Å². The summed E-state index contributed by atoms with van der Waals surface area (Å²) in [6.07, 6.45) is 7.72. The minimum atomic E-state index is -1.22. The van der Waals surface area contributed by atoms with Gasteiger partial charge in [0.25, 0.3) is 0 Å². The van der Waals surface area contributed by atoms with Crippen molar-refractivity contribution in [3.8, 4) is 0 Å². The summed E-state index contributed by atoms with van der Waals surface area (Å²) in [6.45, 7) is 8.15. The molecule has 2 aliphatic rings. The topological polar surface area (TPSA) is 52.6 Å². The number of ether oxygens (including phenoxy) is 2. The van der Waals surface area contributed by atoms with Crippen molar-refractivity contribution in [3.05, 3.63) is 34.9 Å². The lowest BCUT2D eigenvalue weighted by Gasteiger charge is -2.29. The van der Waals surface area contributed by atoms with Gasteiger partial charge in [0.2, 0.25) is 0 Å². The Hall–Kier alpha value is -1.84. The smallest absolute Gasteiger partial charge is 0.323 e. The van der Waals surface area contributed by atoms with Crippen molar-refractivity contribution in [2.24, 2.45) is 11.3 Å². The van der Waals surface area contributed by atoms with Crippen LogP contribution in [0.25, 0.3) is 0 Å². The molecule has 0 aliphatic heterocycles. The number of methoxy groups -OCH3 is 2. The molecule has 0 aromatic heterocycles. The molecule has 0 spiro atoms. The first kappa shape index (κ1) is 19.5. The fourth-order valence-corrected chi connectivity index (χ4v) is 4.53. The van der Waals surface area contributed by atoms with Crippen molar-refractivity contribution in [3.63, 3.8) is 0 Å². The van der Waals surface area contributed by atoms with E-state index in [2.05, 4.69) is 20.4 Å². The average Bonchev–Trinajstić information content (AvgIpc) is 3.05. The van der Waals surface area contributed by atoms with Crippen LogP contribution in [0, 0.1) is 11.3 Å². The minimum absolute atomic E-state index is 0.402. The van der Waals surface area contributed by atoms with E-state index in [1.54, 1.807) is 0 Å². The zero-order valence-corrected chi connectivity index (χ0v) is 15.9. The Morgan fingerprint density at radius 3 is 2.20 bits per heavy atom. The highest BCUT2D eigenvalue weighted by molar-refractivity contribution is 6.02. The molecule has 0 bridgehead atoms. The van der Waals surface area contributed by atoms with Crippen molar-refractivity contribution in [2.45, 2.75) is 58.8 Å². The van der Waals surface area contributed by atoms with Gasteiger partial charge in [-0.15, -0.1) is 6.58 Å². The van der Waals surface area contributed by atoms with E-state index in [0.29, 0.717) is 18.8 Å². The Kier molecular flexibility index (Phi) is 6.26. The lowest BCUT2D eigenvalue weighted by atomic mass is 9.76. The van der Waals surface area contributed by atoms with Crippen LogP contribution in [0.5, 0.6) is 0 Å². The summed E-state index contributed by atoms with van der Waals surface area (Å²) in [5.74, 6) is -0.493. The molecule has 0 heterocycles. The molecule has 4 nitrogen and oxygen atoms in total. The second-order valence-corrected chi connectivity index (χ2v) is 6.98. The maximum atomic E-state index is 12.5. The zero-order valence-electron chi connectivity index (χ0n) is 15.9. The molecule has 2 rings (SSSR count). The number of hydrogen-bond acceptors (Lipinski definition) is 4. The van der Waals surface area contributed by atoms with Crippen molar-refractivity contribution >= 4 is 11.9 Å². The Morgan fingerprint density at radius 1 is 1.12 bits per heavy atom. The van der Waals surface area contributed by atoms with Gasteiger partial charge in [0.15, 0.2) is 5.41 Å². The van der Waals surface area contributed by atoms with Crippen LogP contribution >= 0.6 is 0 Å². The van der Waals surface area contributed by atoms with E-state index in [-0.39, 0.29) is 0 Å². The number of carbonyl (C=O) groups excluding carboxylic acids is 2. The number of hydrogen-bond donors (Lipinski definition) is 0. The number of esters is 2. The maximum Gasteiger partial charge on any atom is 0.323 e. The summed E-state index contributed by atoms with van der Waals surface area (Å²) < 4.78 is 10.00. The van der Waals surface area contributed by atoms with Crippen LogP contribution in [-0.2, 0) is 19.1 Å². The second-order valence-electron chi connectivity index (χ2n) is 6.98. The molecule has 0 N–H and O–H groups in total. The largest absolute Gasteiger partial charge is 0.468 e. The molecule has 138 valence electrons. The predicted molar refractivity (Wildman–Crippen MR) is 97.9 cm³/mol. The van der Waals surface area contributed by atoms with Crippen LogP contribution in [0.1, 0.15) is 58.8 Å². The molecule has 0 aromatic rings. The molecule has 25 heavy (non-hydrogen) atoms. The van der Waals surface area contributed by atoms with Gasteiger partial charge in [0.05, 0.1) is 14.2 Å². The highest BCUT2D eigenvalue weighted by Crippen LogP contribution is 2.54. The van der Waals surface area contributed by atoms with Crippen LogP contribution in [-0.4, -0.2) is 26.2 Å². The van der Waals surface area contributed by atoms with Crippen LogP contribution in [0.4, 0.5) is 0 Å². The van der Waals surface area contributed by atoms with E-state index in [1.807, 2.05) is 6.08 Å². The first-order valence-electron chi connectivity index (χ1n) is 9.19. The van der Waals surface area contributed by atoms with Gasteiger partial charge in [-0.25, -0.2) is 0 Å². The molecule has 1 atom stereocenters. The van der Waals surface area contributed by atoms with Crippen molar-refractivity contribution in [1.82, 2.24) is 0 Å². The Bertz CT molecular complexity index is 608. The molecule has 4 heteroatoms. The third kappa shape index (κ3) is 3.31. The van der Waals surface area contributed by atoms with Gasteiger partial charge in [-0.2, -0.15) is 0 Å². The van der Waals surface area contributed by atoms with Gasteiger partial charge in [0, 0.05) is 0 Å². The van der Waals surface area contributed by atoms with Gasteiger partial charge in [-0.1, -0.05) is 31.1 Å². The van der Waals surface area contributed by atoms with Gasteiger partial charge < -0.3 is 9.47 Å². The Balaban J connectivity index is 2.55. The van der Waals surface area contributed by atoms with E-state index in [1.165, 1.54) is 36.5 Å². The molecule has 1 saturated carbocycles. The van der Waals surface area contributed by atoms with E-state index in [0.717, 1.165) is 32.1 Å². The highest BCUT2D eigenvalue weighted by atomic mass is 16.5. The minimum Gasteiger partial charge on any atom is -0.468 e. The molecule has 0 amide bonds. The second kappa shape index (κ2) is 8.03. The van der Waals surface area contributed by atoms with Crippen molar-refractivity contribution < 1.29 is 19.1 Å². The van der Waals surface area contributed by atoms with E-state index >= 15 is 0 Å². The van der Waals surface area contributed by atoms with Crippen LogP contribution in [0.3, 0.4) is 0 Å². The Labute approximate surface area is 151 Å². The molecule has 1 fully saturated rings. The molecule has 1 unspecified atom stereocenters. The average molecular weight is 346 g/mol. The maximum absolute atomic E-state index is 12.5. The SMILES string of the molecule is C=CCCC1CC(CC)=C2CC(C(=O)OC)(C(=O)OC)CC2=C1CC. The van der Waals surface area contributed by atoms with Crippen LogP contribution in [0.15, 0.2) is 34.9 Å². The number of carbonyl (C=O) groups is 2. The van der Waals surface area contributed by atoms with E-state index in [4.69, 9.17) is 9.47 Å². The summed E-state index contributed by atoms with van der Waals surface area (Å²) in [5.41, 5.74) is 3.95. The van der Waals surface area contributed by atoms with Crippen LogP contribution < -0.4 is 0 Å². The number of fused-ring (bicyclic) bond motifs is 1. The molecular formula is C21H30O4. The summed E-state index contributed by atoms with van der Waals surface area (Å²) in [4.78, 5) is 25.1. The molecule has 0 aromatic carbocycles. The summed E-state index contributed by atoms with van der Waals surface area (Å²) in [5, 5.41) is 0. The number of rotatable bonds is 7. The molecule has 2 aliphatic carbocycles. The van der Waals surface area contributed by atoms with Crippen molar-refractivity contribution in [1.29, 1.82) is 0 Å². The lowest BCUT2D eigenvalue weighted by molar-refractivity contribution is -0.168. The molecule has 0 saturated heterocycles. The highest BCUT2D eigenvalue weighted by Gasteiger charge is 2.55.